The Morgan fingerprint density at radius 3 is 2.17 bits per heavy atom. The van der Waals surface area contributed by atoms with Gasteiger partial charge < -0.3 is 4.90 Å². The van der Waals surface area contributed by atoms with Gasteiger partial charge in [0.25, 0.3) is 11.6 Å². The maximum absolute atomic E-state index is 12.3. The van der Waals surface area contributed by atoms with E-state index in [1.807, 2.05) is 0 Å². The number of non-ortho nitro benzene ring substituents is 1. The van der Waals surface area contributed by atoms with Crippen molar-refractivity contribution in [1.82, 2.24) is 4.90 Å². The van der Waals surface area contributed by atoms with Crippen LogP contribution in [-0.4, -0.2) is 46.2 Å². The number of benzene rings is 1. The second-order valence-corrected chi connectivity index (χ2v) is 5.55. The monoisotopic (exact) mass is 332 g/mol. The summed E-state index contributed by atoms with van der Waals surface area (Å²) >= 11 is 0. The molecule has 0 spiro atoms. The third-order valence-electron chi connectivity index (χ3n) is 3.77. The van der Waals surface area contributed by atoms with E-state index in [1.165, 1.54) is 24.3 Å². The molecule has 8 heteroatoms. The van der Waals surface area contributed by atoms with Crippen LogP contribution in [0.4, 0.5) is 5.69 Å². The Bertz CT molecular complexity index is 692. The van der Waals surface area contributed by atoms with E-state index in [1.54, 1.807) is 6.92 Å². The van der Waals surface area contributed by atoms with E-state index in [0.29, 0.717) is 6.42 Å². The van der Waals surface area contributed by atoms with E-state index in [2.05, 4.69) is 0 Å². The second kappa shape index (κ2) is 7.12. The van der Waals surface area contributed by atoms with Gasteiger partial charge in [-0.2, -0.15) is 0 Å². The van der Waals surface area contributed by atoms with E-state index in [4.69, 9.17) is 0 Å². The Morgan fingerprint density at radius 2 is 1.71 bits per heavy atom. The van der Waals surface area contributed by atoms with Gasteiger partial charge in [0.15, 0.2) is 17.3 Å². The van der Waals surface area contributed by atoms with Crippen molar-refractivity contribution in [3.63, 3.8) is 0 Å². The predicted molar refractivity (Wildman–Crippen MR) is 82.4 cm³/mol. The van der Waals surface area contributed by atoms with Gasteiger partial charge in [-0.25, -0.2) is 0 Å². The van der Waals surface area contributed by atoms with Gasteiger partial charge >= 0.3 is 0 Å². The zero-order valence-electron chi connectivity index (χ0n) is 13.1. The Morgan fingerprint density at radius 1 is 1.17 bits per heavy atom. The summed E-state index contributed by atoms with van der Waals surface area (Å²) in [6, 6.07) is 4.89. The topological polar surface area (TPSA) is 115 Å². The predicted octanol–water partition coefficient (Wildman–Crippen LogP) is 1.17. The molecule has 0 aromatic heterocycles. The number of nitro benzene ring substituents is 1. The van der Waals surface area contributed by atoms with Gasteiger partial charge in [-0.1, -0.05) is 6.92 Å². The fraction of sp³-hybridized carbons (Fsp3) is 0.375. The molecule has 24 heavy (non-hydrogen) atoms. The van der Waals surface area contributed by atoms with E-state index in [-0.39, 0.29) is 30.8 Å². The summed E-state index contributed by atoms with van der Waals surface area (Å²) < 4.78 is 0. The van der Waals surface area contributed by atoms with Gasteiger partial charge in [-0.3, -0.25) is 29.3 Å². The largest absolute Gasteiger partial charge is 0.324 e. The van der Waals surface area contributed by atoms with Crippen molar-refractivity contribution in [1.29, 1.82) is 0 Å². The first-order valence-electron chi connectivity index (χ1n) is 7.47. The van der Waals surface area contributed by atoms with Gasteiger partial charge in [0.05, 0.1) is 18.0 Å². The highest BCUT2D eigenvalue weighted by molar-refractivity contribution is 6.23. The lowest BCUT2D eigenvalue weighted by molar-refractivity contribution is -0.384. The molecule has 2 rings (SSSR count). The van der Waals surface area contributed by atoms with Gasteiger partial charge in [0.1, 0.15) is 5.92 Å². The van der Waals surface area contributed by atoms with E-state index in [0.717, 1.165) is 4.90 Å². The molecule has 1 aromatic rings. The number of Topliss-reactive ketones (excluding diaryl/α,β-unsaturated/α-hetero) is 3. The average Bonchev–Trinajstić information content (AvgIpc) is 2.53. The molecule has 1 aromatic carbocycles. The summed E-state index contributed by atoms with van der Waals surface area (Å²) in [6.45, 7) is 1.14. The van der Waals surface area contributed by atoms with Crippen LogP contribution >= 0.6 is 0 Å². The quantitative estimate of drug-likeness (QED) is 0.454. The fourth-order valence-electron chi connectivity index (χ4n) is 2.60. The Hall–Kier alpha value is -2.90. The Labute approximate surface area is 137 Å². The van der Waals surface area contributed by atoms with Crippen LogP contribution in [0.15, 0.2) is 24.3 Å². The number of amides is 1. The molecule has 1 amide bonds. The fourth-order valence-corrected chi connectivity index (χ4v) is 2.60. The lowest BCUT2D eigenvalue weighted by Crippen LogP contribution is -2.52. The number of hydrogen-bond acceptors (Lipinski definition) is 6. The number of nitro groups is 1. The number of hydrogen-bond donors (Lipinski definition) is 0. The first-order chi connectivity index (χ1) is 11.3. The molecule has 1 aliphatic rings. The summed E-state index contributed by atoms with van der Waals surface area (Å²) in [6.07, 6.45) is 0.694. The molecule has 126 valence electrons. The smallest absolute Gasteiger partial charge is 0.269 e. The highest BCUT2D eigenvalue weighted by Crippen LogP contribution is 2.18. The first-order valence-corrected chi connectivity index (χ1v) is 7.47. The molecule has 0 radical (unpaired) electrons. The van der Waals surface area contributed by atoms with E-state index < -0.39 is 34.1 Å². The number of nitrogens with zero attached hydrogens (tertiary/aromatic N) is 2. The number of ketones is 3. The second-order valence-electron chi connectivity index (χ2n) is 5.55. The van der Waals surface area contributed by atoms with Gasteiger partial charge in [0.2, 0.25) is 0 Å². The van der Waals surface area contributed by atoms with Crippen LogP contribution in [0.5, 0.6) is 0 Å². The highest BCUT2D eigenvalue weighted by Gasteiger charge is 2.40. The number of rotatable bonds is 5. The number of likely N-dealkylation sites (tertiary alicyclic amines) is 1. The minimum Gasteiger partial charge on any atom is -0.324 e. The molecular formula is C16H16N2O6. The Kier molecular flexibility index (Phi) is 5.18. The lowest BCUT2D eigenvalue weighted by atomic mass is 9.88. The molecule has 1 fully saturated rings. The standard InChI is InChI=1S/C16H16N2O6/c1-2-3-12(19)15-13(20)8-17(9-14(15)21)16(22)10-4-6-11(7-5-10)18(23)24/h4-7,15H,2-3,8-9H2,1H3. The third kappa shape index (κ3) is 3.53. The van der Waals surface area contributed by atoms with Crippen LogP contribution in [0.2, 0.25) is 0 Å². The molecule has 0 atom stereocenters. The van der Waals surface area contributed by atoms with Crippen molar-refractivity contribution in [3.05, 3.63) is 39.9 Å². The molecule has 1 aliphatic heterocycles. The van der Waals surface area contributed by atoms with Crippen LogP contribution in [0.1, 0.15) is 30.1 Å². The highest BCUT2D eigenvalue weighted by atomic mass is 16.6. The molecule has 0 saturated carbocycles. The summed E-state index contributed by atoms with van der Waals surface area (Å²) in [7, 11) is 0. The lowest BCUT2D eigenvalue weighted by Gasteiger charge is -2.29. The van der Waals surface area contributed by atoms with Gasteiger partial charge in [0, 0.05) is 24.1 Å². The van der Waals surface area contributed by atoms with Crippen molar-refractivity contribution in [3.8, 4) is 0 Å². The SMILES string of the molecule is CCCC(=O)C1C(=O)CN(C(=O)c2ccc([N+](=O)[O-])cc2)CC1=O. The average molecular weight is 332 g/mol. The summed E-state index contributed by atoms with van der Waals surface area (Å²) in [5.74, 6) is -3.42. The van der Waals surface area contributed by atoms with Crippen molar-refractivity contribution in [2.24, 2.45) is 5.92 Å². The molecule has 0 bridgehead atoms. The van der Waals surface area contributed by atoms with Crippen LogP contribution in [-0.2, 0) is 14.4 Å². The number of carbonyl (C=O) groups is 4. The van der Waals surface area contributed by atoms with Crippen molar-refractivity contribution < 1.29 is 24.1 Å². The van der Waals surface area contributed by atoms with Crippen LogP contribution in [0, 0.1) is 16.0 Å². The normalized spacial score (nSPS) is 15.5. The third-order valence-corrected chi connectivity index (χ3v) is 3.77. The summed E-state index contributed by atoms with van der Waals surface area (Å²) in [5, 5.41) is 10.6. The summed E-state index contributed by atoms with van der Waals surface area (Å²) in [4.78, 5) is 59.4. The van der Waals surface area contributed by atoms with Crippen LogP contribution in [0.25, 0.3) is 0 Å². The minimum absolute atomic E-state index is 0.138. The van der Waals surface area contributed by atoms with Gasteiger partial charge in [-0.15, -0.1) is 0 Å². The van der Waals surface area contributed by atoms with E-state index in [9.17, 15) is 29.3 Å². The molecule has 8 nitrogen and oxygen atoms in total. The van der Waals surface area contributed by atoms with E-state index >= 15 is 0 Å². The Balaban J connectivity index is 2.12. The maximum Gasteiger partial charge on any atom is 0.269 e. The van der Waals surface area contributed by atoms with Crippen LogP contribution in [0.3, 0.4) is 0 Å². The van der Waals surface area contributed by atoms with Crippen LogP contribution < -0.4 is 0 Å². The van der Waals surface area contributed by atoms with Crippen molar-refractivity contribution >= 4 is 28.9 Å². The zero-order chi connectivity index (χ0) is 17.9. The first kappa shape index (κ1) is 17.5. The molecule has 1 heterocycles. The molecule has 1 saturated heterocycles. The van der Waals surface area contributed by atoms with Crippen molar-refractivity contribution in [2.75, 3.05) is 13.1 Å². The zero-order valence-corrected chi connectivity index (χ0v) is 13.1. The van der Waals surface area contributed by atoms with Crippen molar-refractivity contribution in [2.45, 2.75) is 19.8 Å². The molecule has 0 N–H and O–H groups in total. The molecule has 0 unspecified atom stereocenters. The number of piperidine rings is 1. The number of carbonyl (C=O) groups excluding carboxylic acids is 4. The summed E-state index contributed by atoms with van der Waals surface area (Å²) in [5.41, 5.74) is -0.0258. The van der Waals surface area contributed by atoms with Gasteiger partial charge in [-0.05, 0) is 18.6 Å². The minimum atomic E-state index is -1.27. The molecular weight excluding hydrogens is 316 g/mol. The molecule has 0 aliphatic carbocycles. The maximum atomic E-state index is 12.3.